The lowest BCUT2D eigenvalue weighted by Crippen LogP contribution is -2.30. The number of carbonyl (C=O) groups is 1. The van der Waals surface area contributed by atoms with E-state index >= 15 is 0 Å². The van der Waals surface area contributed by atoms with Gasteiger partial charge in [-0.15, -0.1) is 21.6 Å². The Morgan fingerprint density at radius 3 is 2.81 bits per heavy atom. The Balaban J connectivity index is 2.03. The van der Waals surface area contributed by atoms with Crippen molar-refractivity contribution >= 4 is 27.9 Å². The summed E-state index contributed by atoms with van der Waals surface area (Å²) in [4.78, 5) is 24.4. The fourth-order valence-electron chi connectivity index (χ4n) is 2.30. The first kappa shape index (κ1) is 13.5. The Morgan fingerprint density at radius 1 is 1.33 bits per heavy atom. The first-order chi connectivity index (χ1) is 10.1. The maximum Gasteiger partial charge on any atom is 0.295 e. The van der Waals surface area contributed by atoms with Gasteiger partial charge in [0, 0.05) is 4.88 Å². The Kier molecular flexibility index (Phi) is 3.31. The first-order valence-electron chi connectivity index (χ1n) is 6.18. The smallest absolute Gasteiger partial charge is 0.295 e. The predicted molar refractivity (Wildman–Crippen MR) is 75.3 cm³/mol. The molecule has 6 N–H and O–H groups in total. The van der Waals surface area contributed by atoms with E-state index in [4.69, 9.17) is 5.84 Å². The normalized spacial score (nSPS) is 13.8. The third kappa shape index (κ3) is 2.23. The lowest BCUT2D eigenvalue weighted by molar-refractivity contribution is 0.0954. The van der Waals surface area contributed by atoms with Crippen molar-refractivity contribution in [3.8, 4) is 5.88 Å². The number of nitrogens with zero attached hydrogens (tertiary/aromatic N) is 2. The molecule has 2 aromatic heterocycles. The lowest BCUT2D eigenvalue weighted by atomic mass is 10.1. The minimum absolute atomic E-state index is 0.234. The molecule has 1 amide bonds. The number of fused-ring (bicyclic) bond motifs is 1. The van der Waals surface area contributed by atoms with Gasteiger partial charge in [-0.05, 0) is 24.8 Å². The number of nitrogens with one attached hydrogen (secondary N) is 3. The van der Waals surface area contributed by atoms with E-state index in [0.29, 0.717) is 10.6 Å². The number of amides is 1. The maximum absolute atomic E-state index is 11.9. The molecule has 0 spiro atoms. The van der Waals surface area contributed by atoms with Gasteiger partial charge in [0.15, 0.2) is 5.00 Å². The van der Waals surface area contributed by atoms with Crippen LogP contribution in [-0.4, -0.2) is 21.2 Å². The summed E-state index contributed by atoms with van der Waals surface area (Å²) < 4.78 is 0. The van der Waals surface area contributed by atoms with Gasteiger partial charge in [0.2, 0.25) is 11.6 Å². The molecule has 0 saturated heterocycles. The third-order valence-electron chi connectivity index (χ3n) is 3.24. The molecule has 0 saturated carbocycles. The van der Waals surface area contributed by atoms with Crippen LogP contribution in [0.5, 0.6) is 5.88 Å². The summed E-state index contributed by atoms with van der Waals surface area (Å²) in [6, 6.07) is 0. The van der Waals surface area contributed by atoms with E-state index in [9.17, 15) is 14.7 Å². The molecule has 9 nitrogen and oxygen atoms in total. The largest absolute Gasteiger partial charge is 0.492 e. The standard InChI is InChI=1S/C11H12N6O3S/c12-13-8(18)6-4-2-1-3-5(4)21-11(6)17-14-7-9(19)15-16-10(7)20/h1-3,12H2,(H,13,18)(H3,15,16,19,20). The molecule has 3 rings (SSSR count). The number of aromatic hydroxyl groups is 1. The second-order valence-corrected chi connectivity index (χ2v) is 5.57. The highest BCUT2D eigenvalue weighted by atomic mass is 32.1. The molecule has 0 radical (unpaired) electrons. The van der Waals surface area contributed by atoms with E-state index in [1.807, 2.05) is 0 Å². The number of aromatic amines is 2. The molecule has 0 aromatic carbocycles. The number of aromatic nitrogens is 2. The number of hydrazine groups is 1. The number of aryl methyl sites for hydroxylation is 1. The van der Waals surface area contributed by atoms with Crippen LogP contribution in [0, 0.1) is 0 Å². The first-order valence-corrected chi connectivity index (χ1v) is 7.00. The zero-order valence-corrected chi connectivity index (χ0v) is 11.6. The summed E-state index contributed by atoms with van der Waals surface area (Å²) >= 11 is 1.34. The third-order valence-corrected chi connectivity index (χ3v) is 4.41. The monoisotopic (exact) mass is 308 g/mol. The summed E-state index contributed by atoms with van der Waals surface area (Å²) in [5, 5.41) is 21.8. The van der Waals surface area contributed by atoms with Crippen molar-refractivity contribution in [3.05, 3.63) is 26.4 Å². The fraction of sp³-hybridized carbons (Fsp3) is 0.273. The van der Waals surface area contributed by atoms with Crippen molar-refractivity contribution in [1.82, 2.24) is 15.6 Å². The van der Waals surface area contributed by atoms with Gasteiger partial charge < -0.3 is 5.11 Å². The molecular weight excluding hydrogens is 296 g/mol. The number of nitrogen functional groups attached to an aromatic ring is 1. The molecule has 10 heteroatoms. The minimum Gasteiger partial charge on any atom is -0.492 e. The van der Waals surface area contributed by atoms with Crippen LogP contribution in [0.3, 0.4) is 0 Å². The van der Waals surface area contributed by atoms with Gasteiger partial charge in [-0.3, -0.25) is 25.2 Å². The van der Waals surface area contributed by atoms with E-state index in [1.54, 1.807) is 0 Å². The number of hydrogen-bond donors (Lipinski definition) is 5. The van der Waals surface area contributed by atoms with Gasteiger partial charge in [0.1, 0.15) is 0 Å². The number of H-pyrrole nitrogens is 2. The van der Waals surface area contributed by atoms with E-state index in [1.165, 1.54) is 11.3 Å². The molecule has 0 unspecified atom stereocenters. The van der Waals surface area contributed by atoms with Crippen molar-refractivity contribution in [3.63, 3.8) is 0 Å². The number of rotatable bonds is 3. The molecule has 2 aromatic rings. The summed E-state index contributed by atoms with van der Waals surface area (Å²) in [7, 11) is 0. The molecule has 0 atom stereocenters. The van der Waals surface area contributed by atoms with Gasteiger partial charge in [0.05, 0.1) is 5.56 Å². The summed E-state index contributed by atoms with van der Waals surface area (Å²) in [6.45, 7) is 0. The Bertz CT molecular complexity index is 786. The maximum atomic E-state index is 11.9. The highest BCUT2D eigenvalue weighted by Crippen LogP contribution is 2.41. The van der Waals surface area contributed by atoms with Crippen LogP contribution in [0.2, 0.25) is 0 Å². The molecule has 0 fully saturated rings. The molecule has 0 bridgehead atoms. The topological polar surface area (TPSA) is 149 Å². The van der Waals surface area contributed by atoms with E-state index in [0.717, 1.165) is 29.7 Å². The number of hydrogen-bond acceptors (Lipinski definition) is 7. The van der Waals surface area contributed by atoms with E-state index in [2.05, 4.69) is 25.9 Å². The van der Waals surface area contributed by atoms with Gasteiger partial charge >= 0.3 is 0 Å². The Hall–Kier alpha value is -2.46. The second kappa shape index (κ2) is 5.14. The summed E-state index contributed by atoms with van der Waals surface area (Å²) in [6.07, 6.45) is 2.66. The van der Waals surface area contributed by atoms with Crippen LogP contribution in [0.15, 0.2) is 15.0 Å². The quantitative estimate of drug-likeness (QED) is 0.248. The fourth-order valence-corrected chi connectivity index (χ4v) is 3.50. The van der Waals surface area contributed by atoms with Crippen LogP contribution in [0.4, 0.5) is 10.7 Å². The molecule has 1 aliphatic carbocycles. The van der Waals surface area contributed by atoms with Crippen molar-refractivity contribution in [1.29, 1.82) is 0 Å². The van der Waals surface area contributed by atoms with Gasteiger partial charge in [-0.2, -0.15) is 0 Å². The zero-order valence-electron chi connectivity index (χ0n) is 10.8. The van der Waals surface area contributed by atoms with E-state index in [-0.39, 0.29) is 5.69 Å². The SMILES string of the molecule is NNC(=O)c1c(N=Nc2c(O)[nH][nH]c2=O)sc2c1CCC2. The van der Waals surface area contributed by atoms with Crippen molar-refractivity contribution in [2.45, 2.75) is 19.3 Å². The van der Waals surface area contributed by atoms with E-state index < -0.39 is 17.3 Å². The van der Waals surface area contributed by atoms with Gasteiger partial charge in [-0.1, -0.05) is 0 Å². The van der Waals surface area contributed by atoms with Gasteiger partial charge in [0.25, 0.3) is 11.5 Å². The van der Waals surface area contributed by atoms with Crippen molar-refractivity contribution in [2.75, 3.05) is 0 Å². The lowest BCUT2D eigenvalue weighted by Gasteiger charge is -2.00. The number of nitrogens with two attached hydrogens (primary N) is 1. The minimum atomic E-state index is -0.592. The molecule has 0 aliphatic heterocycles. The number of carbonyl (C=O) groups excluding carboxylic acids is 1. The Labute approximate surface area is 121 Å². The molecule has 2 heterocycles. The van der Waals surface area contributed by atoms with Crippen molar-refractivity contribution < 1.29 is 9.90 Å². The van der Waals surface area contributed by atoms with Crippen LogP contribution in [-0.2, 0) is 12.8 Å². The van der Waals surface area contributed by atoms with Crippen molar-refractivity contribution in [2.24, 2.45) is 16.1 Å². The molecule has 110 valence electrons. The Morgan fingerprint density at radius 2 is 2.14 bits per heavy atom. The van der Waals surface area contributed by atoms with Gasteiger partial charge in [-0.25, -0.2) is 5.84 Å². The highest BCUT2D eigenvalue weighted by molar-refractivity contribution is 7.16. The number of azo groups is 1. The predicted octanol–water partition coefficient (Wildman–Crippen LogP) is 0.978. The average molecular weight is 308 g/mol. The second-order valence-electron chi connectivity index (χ2n) is 4.49. The summed E-state index contributed by atoms with van der Waals surface area (Å²) in [5.74, 6) is 4.36. The molecular formula is C11H12N6O3S. The van der Waals surface area contributed by atoms with Crippen LogP contribution in [0.1, 0.15) is 27.2 Å². The summed E-state index contributed by atoms with van der Waals surface area (Å²) in [5.41, 5.74) is 2.60. The average Bonchev–Trinajstić information content (AvgIpc) is 3.12. The van der Waals surface area contributed by atoms with Crippen LogP contribution < -0.4 is 16.8 Å². The highest BCUT2D eigenvalue weighted by Gasteiger charge is 2.26. The number of thiophene rings is 1. The molecule has 1 aliphatic rings. The zero-order chi connectivity index (χ0) is 15.0. The van der Waals surface area contributed by atoms with Crippen LogP contribution in [0.25, 0.3) is 0 Å². The van der Waals surface area contributed by atoms with Crippen LogP contribution >= 0.6 is 11.3 Å². The molecule has 21 heavy (non-hydrogen) atoms.